The Morgan fingerprint density at radius 1 is 0.657 bits per heavy atom. The summed E-state index contributed by atoms with van der Waals surface area (Å²) in [4.78, 5) is 13.1. The molecule has 67 heavy (non-hydrogen) atoms. The van der Waals surface area contributed by atoms with Gasteiger partial charge in [-0.1, -0.05) is 44.6 Å². The Kier molecular flexibility index (Phi) is 16.2. The number of rotatable bonds is 12. The van der Waals surface area contributed by atoms with Gasteiger partial charge in [0.25, 0.3) is 29.4 Å². The van der Waals surface area contributed by atoms with Gasteiger partial charge in [0, 0.05) is 56.4 Å². The first-order valence-electron chi connectivity index (χ1n) is 24.7. The molecule has 0 bridgehead atoms. The van der Waals surface area contributed by atoms with E-state index in [1.54, 1.807) is 0 Å². The first kappa shape index (κ1) is 50.0. The Morgan fingerprint density at radius 2 is 1.18 bits per heavy atom. The number of aryl methyl sites for hydroxylation is 4. The Bertz CT molecular complexity index is 2530. The van der Waals surface area contributed by atoms with Gasteiger partial charge in [-0.2, -0.15) is 14.3 Å². The van der Waals surface area contributed by atoms with E-state index < -0.39 is 32.3 Å². The molecule has 4 aromatic rings. The highest BCUT2D eigenvalue weighted by Crippen LogP contribution is 2.41. The molecule has 2 saturated heterocycles. The summed E-state index contributed by atoms with van der Waals surface area (Å²) in [5.74, 6) is 0.696. The average molecular weight is 999 g/mol. The topological polar surface area (TPSA) is 184 Å². The number of nitrogens with zero attached hydrogens (tertiary/aromatic N) is 8. The van der Waals surface area contributed by atoms with Crippen LogP contribution in [0.2, 0.25) is 25.7 Å². The van der Waals surface area contributed by atoms with Crippen molar-refractivity contribution in [3.63, 3.8) is 0 Å². The number of H-pyrrole nitrogens is 1. The number of nitrogens with one attached hydrogen (secondary N) is 3. The zero-order valence-electron chi connectivity index (χ0n) is 40.4. The van der Waals surface area contributed by atoms with Gasteiger partial charge in [0.2, 0.25) is 11.9 Å². The second kappa shape index (κ2) is 21.7. The fourth-order valence-electron chi connectivity index (χ4n) is 10.3. The predicted octanol–water partition coefficient (Wildman–Crippen LogP) is 7.58. The third-order valence-corrected chi connectivity index (χ3v) is 18.5. The summed E-state index contributed by atoms with van der Waals surface area (Å²) in [6.45, 7) is 12.8. The average Bonchev–Trinajstić information content (AvgIpc) is 4.14. The van der Waals surface area contributed by atoms with Gasteiger partial charge in [0.1, 0.15) is 6.73 Å². The van der Waals surface area contributed by atoms with Gasteiger partial charge in [-0.05, 0) is 181 Å². The van der Waals surface area contributed by atoms with Crippen molar-refractivity contribution in [2.75, 3.05) is 70.6 Å². The molecule has 20 heteroatoms. The number of aromatic amines is 1. The number of hydrogen-bond donors (Lipinski definition) is 3. The van der Waals surface area contributed by atoms with E-state index in [4.69, 9.17) is 15.4 Å². The molecule has 2 fully saturated rings. The number of ether oxygens (including phenoxy) is 1. The van der Waals surface area contributed by atoms with Gasteiger partial charge in [-0.25, -0.2) is 26.6 Å². The maximum Gasteiger partial charge on any atom is 0.298 e. The SMILES string of the molecule is CN1CCCCCC1.CN1CCCN(S(=O)(=O)c2nc(Nc3c4c(cc5c3CCC5)CCC4)n[nH]2)CC1.C[Si](C)(C)CCOCn1nc(S(=O)(=O)Cl)nc1Nc1c2c(cc3c1CCC3)CCC2. The number of hydrogen-bond acceptors (Lipinski definition) is 13. The minimum atomic E-state index is -4.03. The van der Waals surface area contributed by atoms with Gasteiger partial charge in [-0.3, -0.25) is 0 Å². The molecule has 0 amide bonds. The van der Waals surface area contributed by atoms with E-state index in [2.05, 4.69) is 84.5 Å². The fourth-order valence-corrected chi connectivity index (χ4v) is 13.0. The minimum Gasteiger partial charge on any atom is -0.359 e. The number of sulfonamides is 1. The Hall–Kier alpha value is -3.43. The molecule has 16 nitrogen and oxygen atoms in total. The summed E-state index contributed by atoms with van der Waals surface area (Å²) in [5.41, 5.74) is 13.2. The second-order valence-electron chi connectivity index (χ2n) is 20.5. The van der Waals surface area contributed by atoms with Crippen LogP contribution < -0.4 is 10.6 Å². The Labute approximate surface area is 403 Å². The zero-order chi connectivity index (χ0) is 47.3. The van der Waals surface area contributed by atoms with E-state index in [0.29, 0.717) is 31.6 Å². The van der Waals surface area contributed by atoms with Crippen molar-refractivity contribution in [3.05, 3.63) is 56.6 Å². The summed E-state index contributed by atoms with van der Waals surface area (Å²) in [7, 11) is 0.837. The molecule has 10 rings (SSSR count). The second-order valence-corrected chi connectivity index (χ2v) is 30.4. The van der Waals surface area contributed by atoms with Gasteiger partial charge in [0.05, 0.1) is 0 Å². The van der Waals surface area contributed by atoms with Crippen LogP contribution in [0.3, 0.4) is 0 Å². The Balaban J connectivity index is 0.000000156. The molecule has 0 atom stereocenters. The molecule has 2 aromatic carbocycles. The Morgan fingerprint density at radius 3 is 1.72 bits per heavy atom. The minimum absolute atomic E-state index is 0.0752. The van der Waals surface area contributed by atoms with Crippen LogP contribution in [0.5, 0.6) is 0 Å². The smallest absolute Gasteiger partial charge is 0.298 e. The summed E-state index contributed by atoms with van der Waals surface area (Å²) in [6, 6.07) is 5.75. The lowest BCUT2D eigenvalue weighted by molar-refractivity contribution is 0.0792. The van der Waals surface area contributed by atoms with Crippen molar-refractivity contribution < 1.29 is 21.6 Å². The lowest BCUT2D eigenvalue weighted by atomic mass is 9.99. The first-order valence-corrected chi connectivity index (χ1v) is 32.1. The van der Waals surface area contributed by atoms with Crippen molar-refractivity contribution in [1.29, 1.82) is 0 Å². The lowest BCUT2D eigenvalue weighted by Crippen LogP contribution is -2.35. The van der Waals surface area contributed by atoms with Gasteiger partial charge in [0.15, 0.2) is 0 Å². The third-order valence-electron chi connectivity index (χ3n) is 14.1. The number of fused-ring (bicyclic) bond motifs is 4. The van der Waals surface area contributed by atoms with E-state index in [-0.39, 0.29) is 11.9 Å². The van der Waals surface area contributed by atoms with Crippen molar-refractivity contribution in [1.82, 2.24) is 44.1 Å². The van der Waals surface area contributed by atoms with E-state index in [0.717, 1.165) is 101 Å². The lowest BCUT2D eigenvalue weighted by Gasteiger charge is -2.18. The van der Waals surface area contributed by atoms with Gasteiger partial charge >= 0.3 is 0 Å². The summed E-state index contributed by atoms with van der Waals surface area (Å²) in [6.07, 6.45) is 19.7. The van der Waals surface area contributed by atoms with Crippen LogP contribution in [0.15, 0.2) is 22.4 Å². The normalized spacial score (nSPS) is 19.0. The maximum atomic E-state index is 13.0. The van der Waals surface area contributed by atoms with Crippen molar-refractivity contribution in [2.45, 2.75) is 152 Å². The molecule has 0 unspecified atom stereocenters. The summed E-state index contributed by atoms with van der Waals surface area (Å²) >= 11 is 0. The van der Waals surface area contributed by atoms with Crippen LogP contribution in [0.25, 0.3) is 0 Å². The molecule has 6 aliphatic rings. The van der Waals surface area contributed by atoms with Crippen LogP contribution >= 0.6 is 10.7 Å². The number of aromatic nitrogens is 6. The number of anilines is 4. The van der Waals surface area contributed by atoms with Crippen LogP contribution in [0.1, 0.15) is 102 Å². The highest BCUT2D eigenvalue weighted by Gasteiger charge is 2.31. The highest BCUT2D eigenvalue weighted by atomic mass is 35.7. The quantitative estimate of drug-likeness (QED) is 0.0718. The summed E-state index contributed by atoms with van der Waals surface area (Å²) < 4.78 is 58.5. The predicted molar refractivity (Wildman–Crippen MR) is 268 cm³/mol. The van der Waals surface area contributed by atoms with Crippen molar-refractivity contribution in [2.24, 2.45) is 0 Å². The van der Waals surface area contributed by atoms with Crippen LogP contribution in [0, 0.1) is 0 Å². The molecule has 2 aromatic heterocycles. The molecule has 3 N–H and O–H groups in total. The number of halogens is 1. The third kappa shape index (κ3) is 12.5. The first-order chi connectivity index (χ1) is 32.0. The monoisotopic (exact) mass is 997 g/mol. The highest BCUT2D eigenvalue weighted by molar-refractivity contribution is 8.13. The number of likely N-dealkylation sites (N-methyl/N-ethyl adjacent to an activating group) is 1. The molecular formula is C47H72ClN11O5S2Si. The molecule has 4 heterocycles. The molecule has 368 valence electrons. The zero-order valence-corrected chi connectivity index (χ0v) is 43.7. The maximum absolute atomic E-state index is 13.0. The van der Waals surface area contributed by atoms with Crippen LogP contribution in [-0.2, 0) is 81.9 Å². The fraction of sp³-hybridized carbons (Fsp3) is 0.660. The molecule has 0 radical (unpaired) electrons. The van der Waals surface area contributed by atoms with E-state index in [1.165, 1.54) is 105 Å². The van der Waals surface area contributed by atoms with E-state index >= 15 is 0 Å². The molecule has 2 aliphatic heterocycles. The van der Waals surface area contributed by atoms with Crippen molar-refractivity contribution in [3.8, 4) is 0 Å². The van der Waals surface area contributed by atoms with E-state index in [9.17, 15) is 16.8 Å². The molecule has 0 saturated carbocycles. The molecular weight excluding hydrogens is 926 g/mol. The van der Waals surface area contributed by atoms with Crippen molar-refractivity contribution >= 4 is 61.1 Å². The summed E-state index contributed by atoms with van der Waals surface area (Å²) in [5, 5.41) is 17.3. The molecule has 0 spiro atoms. The van der Waals surface area contributed by atoms with Gasteiger partial charge < -0.3 is 25.2 Å². The van der Waals surface area contributed by atoms with E-state index in [1.807, 2.05) is 7.05 Å². The van der Waals surface area contributed by atoms with Gasteiger partial charge in [-0.15, -0.1) is 10.2 Å². The number of likely N-dealkylation sites (tertiary alicyclic amines) is 1. The standard InChI is InChI=1S/C20H29ClN4O3SSi.C20H28N6O2S.C7H15N/c1-30(2,3)11-10-28-13-25-19(23-20(24-25)29(21,26)27)22-18-16-8-4-6-14(16)12-15-7-5-9-17(15)18;1-25-9-4-10-26(12-11-25)29(27,28)20-22-19(23-24-20)21-18-16-7-2-5-14(16)13-15-6-3-8-17(15)18;1-8-6-4-2-3-5-7-8/h12H,4-11,13H2,1-3H3,(H,22,23,24);13H,2-12H2,1H3,(H2,21,22,23,24);2-7H2,1H3. The van der Waals surface area contributed by atoms with Crippen LogP contribution in [-0.4, -0.2) is 129 Å². The molecule has 4 aliphatic carbocycles. The van der Waals surface area contributed by atoms with Crippen LogP contribution in [0.4, 0.5) is 23.3 Å². The largest absolute Gasteiger partial charge is 0.359 e. The number of benzene rings is 2.